The minimum absolute atomic E-state index is 0.0617. The van der Waals surface area contributed by atoms with Gasteiger partial charge in [0.15, 0.2) is 0 Å². The van der Waals surface area contributed by atoms with Crippen molar-refractivity contribution in [1.29, 1.82) is 0 Å². The van der Waals surface area contributed by atoms with E-state index in [4.69, 9.17) is 23.2 Å². The molecule has 0 atom stereocenters. The van der Waals surface area contributed by atoms with Crippen molar-refractivity contribution in [3.8, 4) is 0 Å². The van der Waals surface area contributed by atoms with Gasteiger partial charge in [0.05, 0.1) is 15.6 Å². The Bertz CT molecular complexity index is 1140. The van der Waals surface area contributed by atoms with Crippen LogP contribution in [0.1, 0.15) is 5.56 Å². The quantitative estimate of drug-likeness (QED) is 0.567. The first-order valence-electron chi connectivity index (χ1n) is 8.68. The smallest absolute Gasteiger partial charge is 0.264 e. The van der Waals surface area contributed by atoms with E-state index in [0.29, 0.717) is 16.3 Å². The summed E-state index contributed by atoms with van der Waals surface area (Å²) in [6, 6.07) is 19.5. The molecule has 0 spiro atoms. The van der Waals surface area contributed by atoms with Crippen molar-refractivity contribution in [3.05, 3.63) is 88.4 Å². The van der Waals surface area contributed by atoms with Crippen LogP contribution in [0.3, 0.4) is 0 Å². The van der Waals surface area contributed by atoms with Crippen molar-refractivity contribution in [2.24, 2.45) is 0 Å². The van der Waals surface area contributed by atoms with Gasteiger partial charge in [-0.15, -0.1) is 0 Å². The normalized spacial score (nSPS) is 11.1. The number of hydrogen-bond acceptors (Lipinski definition) is 3. The van der Waals surface area contributed by atoms with E-state index in [1.807, 2.05) is 0 Å². The zero-order valence-corrected chi connectivity index (χ0v) is 17.8. The van der Waals surface area contributed by atoms with Crippen molar-refractivity contribution in [2.75, 3.05) is 16.2 Å². The van der Waals surface area contributed by atoms with Gasteiger partial charge in [-0.25, -0.2) is 8.42 Å². The molecule has 3 aromatic carbocycles. The first-order chi connectivity index (χ1) is 13.8. The molecule has 0 saturated heterocycles. The maximum Gasteiger partial charge on any atom is 0.264 e. The molecule has 0 aromatic heterocycles. The van der Waals surface area contributed by atoms with Gasteiger partial charge in [0.2, 0.25) is 5.91 Å². The number of halogens is 2. The molecule has 8 heteroatoms. The highest BCUT2D eigenvalue weighted by atomic mass is 35.5. The van der Waals surface area contributed by atoms with Crippen LogP contribution >= 0.6 is 23.2 Å². The maximum absolute atomic E-state index is 13.3. The Kier molecular flexibility index (Phi) is 6.47. The van der Waals surface area contributed by atoms with Gasteiger partial charge in [0.25, 0.3) is 10.0 Å². The molecule has 0 unspecified atom stereocenters. The van der Waals surface area contributed by atoms with Crippen LogP contribution in [0.15, 0.2) is 77.7 Å². The standard InChI is InChI=1S/C21H18Cl2N2O3S/c1-15-17(22)11-7-12-19(15)24-21(26)14-25(20-13-6-5-10-18(20)23)29(27,28)16-8-3-2-4-9-16/h2-13H,14H2,1H3,(H,24,26). The van der Waals surface area contributed by atoms with E-state index in [0.717, 1.165) is 4.31 Å². The third-order valence-electron chi connectivity index (χ3n) is 4.28. The zero-order chi connectivity index (χ0) is 21.0. The van der Waals surface area contributed by atoms with E-state index in [1.165, 1.54) is 12.1 Å². The monoisotopic (exact) mass is 448 g/mol. The molecule has 0 bridgehead atoms. The summed E-state index contributed by atoms with van der Waals surface area (Å²) >= 11 is 12.3. The van der Waals surface area contributed by atoms with E-state index >= 15 is 0 Å². The lowest BCUT2D eigenvalue weighted by Gasteiger charge is -2.25. The predicted molar refractivity (Wildman–Crippen MR) is 117 cm³/mol. The molecular weight excluding hydrogens is 431 g/mol. The summed E-state index contributed by atoms with van der Waals surface area (Å²) in [5.74, 6) is -0.519. The molecule has 0 saturated carbocycles. The first-order valence-corrected chi connectivity index (χ1v) is 10.9. The largest absolute Gasteiger partial charge is 0.324 e. The fourth-order valence-corrected chi connectivity index (χ4v) is 4.66. The Morgan fingerprint density at radius 3 is 2.21 bits per heavy atom. The average Bonchev–Trinajstić information content (AvgIpc) is 2.71. The van der Waals surface area contributed by atoms with Crippen molar-refractivity contribution in [3.63, 3.8) is 0 Å². The fraction of sp³-hybridized carbons (Fsp3) is 0.0952. The van der Waals surface area contributed by atoms with Crippen molar-refractivity contribution >= 4 is 50.5 Å². The Balaban J connectivity index is 1.97. The molecule has 5 nitrogen and oxygen atoms in total. The number of para-hydroxylation sites is 1. The lowest BCUT2D eigenvalue weighted by molar-refractivity contribution is -0.114. The van der Waals surface area contributed by atoms with Gasteiger partial charge in [-0.2, -0.15) is 0 Å². The van der Waals surface area contributed by atoms with Crippen LogP contribution in [-0.4, -0.2) is 20.9 Å². The van der Waals surface area contributed by atoms with Crippen LogP contribution in [0, 0.1) is 6.92 Å². The van der Waals surface area contributed by atoms with E-state index in [-0.39, 0.29) is 15.6 Å². The predicted octanol–water partition coefficient (Wildman–Crippen LogP) is 5.14. The van der Waals surface area contributed by atoms with Gasteiger partial charge in [-0.1, -0.05) is 59.6 Å². The lowest BCUT2D eigenvalue weighted by atomic mass is 10.2. The highest BCUT2D eigenvalue weighted by Crippen LogP contribution is 2.30. The van der Waals surface area contributed by atoms with E-state index < -0.39 is 22.5 Å². The molecule has 0 heterocycles. The molecule has 150 valence electrons. The number of carbonyl (C=O) groups is 1. The molecule has 0 aliphatic rings. The number of nitrogens with zero attached hydrogens (tertiary/aromatic N) is 1. The molecule has 1 amide bonds. The summed E-state index contributed by atoms with van der Waals surface area (Å²) in [7, 11) is -4.02. The second-order valence-electron chi connectivity index (χ2n) is 6.24. The number of hydrogen-bond donors (Lipinski definition) is 1. The van der Waals surface area contributed by atoms with Gasteiger partial charge in [-0.05, 0) is 48.9 Å². The molecule has 0 radical (unpaired) electrons. The highest BCUT2D eigenvalue weighted by molar-refractivity contribution is 7.92. The number of amides is 1. The molecule has 3 rings (SSSR count). The minimum atomic E-state index is -4.02. The van der Waals surface area contributed by atoms with Gasteiger partial charge < -0.3 is 5.32 Å². The summed E-state index contributed by atoms with van der Waals surface area (Å²) in [4.78, 5) is 12.8. The van der Waals surface area contributed by atoms with E-state index in [2.05, 4.69) is 5.32 Å². The second kappa shape index (κ2) is 8.86. The topological polar surface area (TPSA) is 66.5 Å². The number of nitrogens with one attached hydrogen (secondary N) is 1. The Morgan fingerprint density at radius 1 is 0.897 bits per heavy atom. The van der Waals surface area contributed by atoms with Crippen LogP contribution in [-0.2, 0) is 14.8 Å². The van der Waals surface area contributed by atoms with Crippen LogP contribution < -0.4 is 9.62 Å². The van der Waals surface area contributed by atoms with Crippen LogP contribution in [0.2, 0.25) is 10.0 Å². The fourth-order valence-electron chi connectivity index (χ4n) is 2.74. The average molecular weight is 449 g/mol. The summed E-state index contributed by atoms with van der Waals surface area (Å²) in [5.41, 5.74) is 1.42. The molecule has 0 aliphatic heterocycles. The molecular formula is C21H18Cl2N2O3S. The summed E-state index contributed by atoms with van der Waals surface area (Å²) in [6.07, 6.45) is 0. The van der Waals surface area contributed by atoms with E-state index in [1.54, 1.807) is 67.6 Å². The minimum Gasteiger partial charge on any atom is -0.324 e. The van der Waals surface area contributed by atoms with Gasteiger partial charge in [0, 0.05) is 10.7 Å². The summed E-state index contributed by atoms with van der Waals surface area (Å²) in [5, 5.41) is 3.45. The van der Waals surface area contributed by atoms with Crippen LogP contribution in [0.5, 0.6) is 0 Å². The summed E-state index contributed by atoms with van der Waals surface area (Å²) < 4.78 is 27.5. The van der Waals surface area contributed by atoms with E-state index in [9.17, 15) is 13.2 Å². The lowest BCUT2D eigenvalue weighted by Crippen LogP contribution is -2.38. The van der Waals surface area contributed by atoms with Crippen molar-refractivity contribution in [1.82, 2.24) is 0 Å². The van der Waals surface area contributed by atoms with Gasteiger partial charge in [-0.3, -0.25) is 9.10 Å². The third-order valence-corrected chi connectivity index (χ3v) is 6.78. The highest BCUT2D eigenvalue weighted by Gasteiger charge is 2.28. The Hall–Kier alpha value is -2.54. The number of carbonyl (C=O) groups excluding carboxylic acids is 1. The molecule has 1 N–H and O–H groups in total. The number of benzene rings is 3. The van der Waals surface area contributed by atoms with Crippen molar-refractivity contribution in [2.45, 2.75) is 11.8 Å². The van der Waals surface area contributed by atoms with Gasteiger partial charge in [0.1, 0.15) is 6.54 Å². The van der Waals surface area contributed by atoms with Crippen LogP contribution in [0.4, 0.5) is 11.4 Å². The molecule has 0 aliphatic carbocycles. The Labute approximate surface area is 179 Å². The third kappa shape index (κ3) is 4.72. The maximum atomic E-state index is 13.3. The summed E-state index contributed by atoms with van der Waals surface area (Å²) in [6.45, 7) is 1.32. The SMILES string of the molecule is Cc1c(Cl)cccc1NC(=O)CN(c1ccccc1Cl)S(=O)(=O)c1ccccc1. The van der Waals surface area contributed by atoms with Crippen LogP contribution in [0.25, 0.3) is 0 Å². The number of sulfonamides is 1. The zero-order valence-electron chi connectivity index (χ0n) is 15.5. The Morgan fingerprint density at radius 2 is 1.52 bits per heavy atom. The molecule has 29 heavy (non-hydrogen) atoms. The van der Waals surface area contributed by atoms with Crippen molar-refractivity contribution < 1.29 is 13.2 Å². The van der Waals surface area contributed by atoms with Gasteiger partial charge >= 0.3 is 0 Å². The number of rotatable bonds is 6. The second-order valence-corrected chi connectivity index (χ2v) is 8.91. The first kappa shape index (κ1) is 21.2. The molecule has 0 fully saturated rings. The number of anilines is 2. The molecule has 3 aromatic rings.